The number of hydrogen-bond acceptors (Lipinski definition) is 2. The first-order chi connectivity index (χ1) is 7.38. The molecule has 16 heavy (non-hydrogen) atoms. The normalized spacial score (nSPS) is 15.2. The van der Waals surface area contributed by atoms with Gasteiger partial charge in [0.15, 0.2) is 0 Å². The van der Waals surface area contributed by atoms with E-state index in [0.717, 1.165) is 17.8 Å². The number of aliphatic imine (C=N–C) groups is 1. The minimum absolute atomic E-state index is 0.121. The van der Waals surface area contributed by atoms with Gasteiger partial charge in [0.2, 0.25) is 0 Å². The summed E-state index contributed by atoms with van der Waals surface area (Å²) in [5.41, 5.74) is 4.96. The lowest BCUT2D eigenvalue weighted by Gasteiger charge is -2.18. The molecule has 0 atom stereocenters. The summed E-state index contributed by atoms with van der Waals surface area (Å²) in [5, 5.41) is 0. The molecule has 86 valence electrons. The average molecular weight is 216 g/mol. The van der Waals surface area contributed by atoms with Crippen LogP contribution in [0.2, 0.25) is 0 Å². The van der Waals surface area contributed by atoms with Crippen molar-refractivity contribution in [1.82, 2.24) is 4.98 Å². The van der Waals surface area contributed by atoms with Gasteiger partial charge in [0, 0.05) is 23.2 Å². The Hall–Kier alpha value is -1.18. The summed E-state index contributed by atoms with van der Waals surface area (Å²) < 4.78 is 0. The molecule has 0 saturated heterocycles. The van der Waals surface area contributed by atoms with Crippen LogP contribution in [0.25, 0.3) is 0 Å². The first-order valence-corrected chi connectivity index (χ1v) is 5.95. The highest BCUT2D eigenvalue weighted by Gasteiger charge is 2.21. The third-order valence-corrected chi connectivity index (χ3v) is 3.04. The molecule has 2 heteroatoms. The summed E-state index contributed by atoms with van der Waals surface area (Å²) in [6, 6.07) is 2.22. The molecule has 0 radical (unpaired) electrons. The number of aromatic nitrogens is 1. The van der Waals surface area contributed by atoms with Crippen LogP contribution in [0.15, 0.2) is 17.3 Å². The lowest BCUT2D eigenvalue weighted by Crippen LogP contribution is -2.13. The second kappa shape index (κ2) is 3.69. The molecule has 1 aliphatic rings. The minimum Gasteiger partial charge on any atom is -0.258 e. The van der Waals surface area contributed by atoms with Crippen molar-refractivity contribution in [2.75, 3.05) is 0 Å². The maximum Gasteiger partial charge on any atom is 0.0848 e. The zero-order chi connectivity index (χ0) is 11.9. The molecule has 0 saturated carbocycles. The molecule has 1 aromatic rings. The number of fused-ring (bicyclic) bond motifs is 1. The van der Waals surface area contributed by atoms with E-state index in [1.54, 1.807) is 0 Å². The fraction of sp³-hybridized carbons (Fsp3) is 0.571. The summed E-state index contributed by atoms with van der Waals surface area (Å²) in [4.78, 5) is 9.14. The molecular formula is C14H20N2. The second-order valence-electron chi connectivity index (χ2n) is 5.88. The van der Waals surface area contributed by atoms with Gasteiger partial charge in [0.1, 0.15) is 0 Å². The van der Waals surface area contributed by atoms with E-state index in [-0.39, 0.29) is 5.41 Å². The van der Waals surface area contributed by atoms with E-state index in [4.69, 9.17) is 0 Å². The van der Waals surface area contributed by atoms with Gasteiger partial charge in [-0.1, -0.05) is 34.6 Å². The SMILES string of the molecule is CC(C)C1=Nc2cnc(C(C)(C)C)cc2C1. The van der Waals surface area contributed by atoms with Crippen LogP contribution >= 0.6 is 0 Å². The quantitative estimate of drug-likeness (QED) is 0.703. The van der Waals surface area contributed by atoms with E-state index in [1.165, 1.54) is 11.3 Å². The highest BCUT2D eigenvalue weighted by Crippen LogP contribution is 2.31. The highest BCUT2D eigenvalue weighted by molar-refractivity contribution is 5.95. The lowest BCUT2D eigenvalue weighted by molar-refractivity contribution is 0.568. The molecule has 2 heterocycles. The van der Waals surface area contributed by atoms with Crippen LogP contribution in [0.3, 0.4) is 0 Å². The maximum atomic E-state index is 4.63. The Morgan fingerprint density at radius 3 is 2.50 bits per heavy atom. The molecule has 2 nitrogen and oxygen atoms in total. The molecule has 0 aliphatic carbocycles. The minimum atomic E-state index is 0.121. The Bertz CT molecular complexity index is 437. The zero-order valence-electron chi connectivity index (χ0n) is 10.8. The van der Waals surface area contributed by atoms with Crippen molar-refractivity contribution in [2.45, 2.75) is 46.5 Å². The van der Waals surface area contributed by atoms with Gasteiger partial charge in [-0.15, -0.1) is 0 Å². The Balaban J connectivity index is 2.34. The van der Waals surface area contributed by atoms with Gasteiger partial charge in [0.25, 0.3) is 0 Å². The van der Waals surface area contributed by atoms with Crippen molar-refractivity contribution in [2.24, 2.45) is 10.9 Å². The van der Waals surface area contributed by atoms with E-state index in [2.05, 4.69) is 50.7 Å². The third kappa shape index (κ3) is 2.01. The molecule has 0 fully saturated rings. The van der Waals surface area contributed by atoms with Crippen molar-refractivity contribution >= 4 is 11.4 Å². The van der Waals surface area contributed by atoms with Crippen LogP contribution in [0, 0.1) is 5.92 Å². The Kier molecular flexibility index (Phi) is 2.61. The van der Waals surface area contributed by atoms with Crippen LogP contribution < -0.4 is 0 Å². The fourth-order valence-corrected chi connectivity index (χ4v) is 1.86. The molecule has 2 rings (SSSR count). The third-order valence-electron chi connectivity index (χ3n) is 3.04. The van der Waals surface area contributed by atoms with Gasteiger partial charge in [-0.05, 0) is 17.5 Å². The van der Waals surface area contributed by atoms with Crippen molar-refractivity contribution in [3.63, 3.8) is 0 Å². The molecule has 0 aromatic carbocycles. The summed E-state index contributed by atoms with van der Waals surface area (Å²) >= 11 is 0. The smallest absolute Gasteiger partial charge is 0.0848 e. The summed E-state index contributed by atoms with van der Waals surface area (Å²) in [7, 11) is 0. The average Bonchev–Trinajstić information content (AvgIpc) is 2.58. The Labute approximate surface area is 97.8 Å². The molecule has 1 aliphatic heterocycles. The molecule has 1 aromatic heterocycles. The van der Waals surface area contributed by atoms with Gasteiger partial charge in [-0.3, -0.25) is 9.98 Å². The first-order valence-electron chi connectivity index (χ1n) is 5.95. The Morgan fingerprint density at radius 2 is 1.94 bits per heavy atom. The predicted octanol–water partition coefficient (Wildman–Crippen LogP) is 3.66. The molecule has 0 amide bonds. The standard InChI is InChI=1S/C14H20N2/c1-9(2)11-6-10-7-13(14(3,4)5)15-8-12(10)16-11/h7-9H,6H2,1-5H3. The van der Waals surface area contributed by atoms with Crippen LogP contribution in [-0.2, 0) is 11.8 Å². The van der Waals surface area contributed by atoms with Gasteiger partial charge in [-0.2, -0.15) is 0 Å². The lowest BCUT2D eigenvalue weighted by atomic mass is 9.90. The fourth-order valence-electron chi connectivity index (χ4n) is 1.86. The van der Waals surface area contributed by atoms with Gasteiger partial charge in [0.05, 0.1) is 11.9 Å². The number of hydrogen-bond donors (Lipinski definition) is 0. The van der Waals surface area contributed by atoms with E-state index in [1.807, 2.05) is 6.20 Å². The molecular weight excluding hydrogens is 196 g/mol. The summed E-state index contributed by atoms with van der Waals surface area (Å²) in [6.07, 6.45) is 2.92. The maximum absolute atomic E-state index is 4.63. The largest absolute Gasteiger partial charge is 0.258 e. The Morgan fingerprint density at radius 1 is 1.25 bits per heavy atom. The predicted molar refractivity (Wildman–Crippen MR) is 68.6 cm³/mol. The molecule has 0 spiro atoms. The highest BCUT2D eigenvalue weighted by atomic mass is 14.8. The van der Waals surface area contributed by atoms with E-state index in [0.29, 0.717) is 5.92 Å². The number of rotatable bonds is 1. The van der Waals surface area contributed by atoms with Crippen molar-refractivity contribution < 1.29 is 0 Å². The van der Waals surface area contributed by atoms with Crippen LogP contribution in [0.4, 0.5) is 5.69 Å². The van der Waals surface area contributed by atoms with Crippen LogP contribution in [0.5, 0.6) is 0 Å². The van der Waals surface area contributed by atoms with Crippen molar-refractivity contribution in [1.29, 1.82) is 0 Å². The molecule has 0 bridgehead atoms. The van der Waals surface area contributed by atoms with Gasteiger partial charge < -0.3 is 0 Å². The van der Waals surface area contributed by atoms with E-state index < -0.39 is 0 Å². The number of pyridine rings is 1. The van der Waals surface area contributed by atoms with Crippen molar-refractivity contribution in [3.05, 3.63) is 23.5 Å². The zero-order valence-corrected chi connectivity index (χ0v) is 10.8. The summed E-state index contributed by atoms with van der Waals surface area (Å²) in [6.45, 7) is 11.0. The van der Waals surface area contributed by atoms with E-state index in [9.17, 15) is 0 Å². The van der Waals surface area contributed by atoms with Gasteiger partial charge in [-0.25, -0.2) is 0 Å². The second-order valence-corrected chi connectivity index (χ2v) is 5.88. The first kappa shape index (κ1) is 11.3. The topological polar surface area (TPSA) is 25.2 Å². The van der Waals surface area contributed by atoms with Crippen molar-refractivity contribution in [3.8, 4) is 0 Å². The summed E-state index contributed by atoms with van der Waals surface area (Å²) in [5.74, 6) is 0.533. The molecule has 0 unspecified atom stereocenters. The number of nitrogens with zero attached hydrogens (tertiary/aromatic N) is 2. The molecule has 0 N–H and O–H groups in total. The van der Waals surface area contributed by atoms with Crippen LogP contribution in [0.1, 0.15) is 45.9 Å². The van der Waals surface area contributed by atoms with Crippen LogP contribution in [-0.4, -0.2) is 10.7 Å². The van der Waals surface area contributed by atoms with E-state index >= 15 is 0 Å². The monoisotopic (exact) mass is 216 g/mol. The van der Waals surface area contributed by atoms with Gasteiger partial charge >= 0.3 is 0 Å².